The van der Waals surface area contributed by atoms with Crippen molar-refractivity contribution in [3.05, 3.63) is 48.4 Å². The van der Waals surface area contributed by atoms with E-state index in [1.54, 1.807) is 18.3 Å². The number of hydrogen-bond donors (Lipinski definition) is 1. The maximum atomic E-state index is 12.2. The quantitative estimate of drug-likeness (QED) is 0.552. The molecule has 4 nitrogen and oxygen atoms in total. The van der Waals surface area contributed by atoms with E-state index in [1.165, 1.54) is 30.2 Å². The highest BCUT2D eigenvalue weighted by molar-refractivity contribution is 7.99. The molecule has 0 aliphatic heterocycles. The standard InChI is InChI=1S/C15H12F3N3OS/c1-9(10-2-4-11(5-3-10)22-15(16,17)18)23-14-12-6-7-19-13(12)20-8-21-14/h2-9H,1H3,(H,19,20,21). The summed E-state index contributed by atoms with van der Waals surface area (Å²) in [5, 5.41) is 1.75. The Balaban J connectivity index is 1.75. The predicted molar refractivity (Wildman–Crippen MR) is 81.3 cm³/mol. The van der Waals surface area contributed by atoms with Gasteiger partial charge in [-0.1, -0.05) is 23.9 Å². The summed E-state index contributed by atoms with van der Waals surface area (Å²) in [6, 6.07) is 7.75. The molecule has 0 saturated carbocycles. The number of benzene rings is 1. The lowest BCUT2D eigenvalue weighted by Gasteiger charge is -2.13. The molecule has 0 fully saturated rings. The van der Waals surface area contributed by atoms with E-state index in [0.717, 1.165) is 21.6 Å². The smallest absolute Gasteiger partial charge is 0.406 e. The van der Waals surface area contributed by atoms with Crippen LogP contribution in [0.3, 0.4) is 0 Å². The van der Waals surface area contributed by atoms with Crippen LogP contribution in [0.15, 0.2) is 47.9 Å². The number of nitrogens with zero attached hydrogens (tertiary/aromatic N) is 2. The van der Waals surface area contributed by atoms with E-state index in [4.69, 9.17) is 0 Å². The third-order valence-corrected chi connectivity index (χ3v) is 4.36. The highest BCUT2D eigenvalue weighted by Gasteiger charge is 2.31. The molecule has 0 radical (unpaired) electrons. The summed E-state index contributed by atoms with van der Waals surface area (Å²) in [6.07, 6.45) is -1.41. The second-order valence-electron chi connectivity index (χ2n) is 4.80. The lowest BCUT2D eigenvalue weighted by molar-refractivity contribution is -0.274. The SMILES string of the molecule is CC(Sc1ncnc2[nH]ccc12)c1ccc(OC(F)(F)F)cc1. The topological polar surface area (TPSA) is 50.8 Å². The van der Waals surface area contributed by atoms with Gasteiger partial charge in [0.2, 0.25) is 0 Å². The van der Waals surface area contributed by atoms with Gasteiger partial charge in [0.15, 0.2) is 0 Å². The van der Waals surface area contributed by atoms with E-state index >= 15 is 0 Å². The summed E-state index contributed by atoms with van der Waals surface area (Å²) >= 11 is 1.52. The third kappa shape index (κ3) is 3.76. The number of alkyl halides is 3. The Morgan fingerprint density at radius 3 is 2.57 bits per heavy atom. The lowest BCUT2D eigenvalue weighted by Crippen LogP contribution is -2.17. The largest absolute Gasteiger partial charge is 0.573 e. The highest BCUT2D eigenvalue weighted by Crippen LogP contribution is 2.37. The summed E-state index contributed by atoms with van der Waals surface area (Å²) in [4.78, 5) is 11.4. The van der Waals surface area contributed by atoms with Crippen LogP contribution in [0.5, 0.6) is 5.75 Å². The number of halogens is 3. The van der Waals surface area contributed by atoms with Crippen molar-refractivity contribution in [1.82, 2.24) is 15.0 Å². The predicted octanol–water partition coefficient (Wildman–Crippen LogP) is 4.71. The fourth-order valence-electron chi connectivity index (χ4n) is 2.12. The Morgan fingerprint density at radius 1 is 1.13 bits per heavy atom. The van der Waals surface area contributed by atoms with E-state index in [0.29, 0.717) is 0 Å². The van der Waals surface area contributed by atoms with E-state index in [9.17, 15) is 13.2 Å². The molecule has 2 aromatic heterocycles. The van der Waals surface area contributed by atoms with E-state index in [-0.39, 0.29) is 11.0 Å². The van der Waals surface area contributed by atoms with Gasteiger partial charge in [-0.2, -0.15) is 0 Å². The summed E-state index contributed by atoms with van der Waals surface area (Å²) < 4.78 is 40.4. The third-order valence-electron chi connectivity index (χ3n) is 3.19. The lowest BCUT2D eigenvalue weighted by atomic mass is 10.1. The summed E-state index contributed by atoms with van der Waals surface area (Å²) in [7, 11) is 0. The van der Waals surface area contributed by atoms with E-state index in [2.05, 4.69) is 19.7 Å². The first-order valence-electron chi connectivity index (χ1n) is 6.73. The van der Waals surface area contributed by atoms with Gasteiger partial charge in [-0.25, -0.2) is 9.97 Å². The number of nitrogens with one attached hydrogen (secondary N) is 1. The Kier molecular flexibility index (Phi) is 4.16. The van der Waals surface area contributed by atoms with Crippen molar-refractivity contribution in [3.63, 3.8) is 0 Å². The van der Waals surface area contributed by atoms with Crippen LogP contribution in [-0.4, -0.2) is 21.3 Å². The molecule has 3 rings (SSSR count). The Bertz CT molecular complexity index is 802. The average molecular weight is 339 g/mol. The Hall–Kier alpha value is -2.22. The van der Waals surface area contributed by atoms with Crippen molar-refractivity contribution in [2.24, 2.45) is 0 Å². The molecule has 8 heteroatoms. The number of aromatic nitrogens is 3. The molecule has 0 aliphatic carbocycles. The van der Waals surface area contributed by atoms with Crippen LogP contribution >= 0.6 is 11.8 Å². The number of rotatable bonds is 4. The molecule has 23 heavy (non-hydrogen) atoms. The number of hydrogen-bond acceptors (Lipinski definition) is 4. The van der Waals surface area contributed by atoms with Gasteiger partial charge in [0.05, 0.1) is 5.39 Å². The number of aromatic amines is 1. The minimum absolute atomic E-state index is 0.0166. The normalized spacial score (nSPS) is 13.2. The van der Waals surface area contributed by atoms with Gasteiger partial charge in [0.1, 0.15) is 22.7 Å². The van der Waals surface area contributed by atoms with Gasteiger partial charge in [0, 0.05) is 11.4 Å². The number of ether oxygens (including phenoxy) is 1. The van der Waals surface area contributed by atoms with Crippen molar-refractivity contribution in [2.45, 2.75) is 23.6 Å². The summed E-state index contributed by atoms with van der Waals surface area (Å²) in [5.74, 6) is -0.228. The number of thioether (sulfide) groups is 1. The monoisotopic (exact) mass is 339 g/mol. The maximum Gasteiger partial charge on any atom is 0.573 e. The molecule has 1 unspecified atom stereocenters. The second kappa shape index (κ2) is 6.11. The van der Waals surface area contributed by atoms with Gasteiger partial charge in [-0.15, -0.1) is 13.2 Å². The Labute approximate surface area is 134 Å². The van der Waals surface area contributed by atoms with Crippen molar-refractivity contribution >= 4 is 22.8 Å². The minimum atomic E-state index is -4.68. The molecule has 0 spiro atoms. The van der Waals surface area contributed by atoms with Gasteiger partial charge in [-0.3, -0.25) is 0 Å². The van der Waals surface area contributed by atoms with Crippen LogP contribution in [-0.2, 0) is 0 Å². The fourth-order valence-corrected chi connectivity index (χ4v) is 3.15. The number of fused-ring (bicyclic) bond motifs is 1. The molecular weight excluding hydrogens is 327 g/mol. The van der Waals surface area contributed by atoms with Gasteiger partial charge >= 0.3 is 6.36 Å². The molecule has 1 atom stereocenters. The molecule has 1 N–H and O–H groups in total. The summed E-state index contributed by atoms with van der Waals surface area (Å²) in [6.45, 7) is 1.96. The van der Waals surface area contributed by atoms with Crippen LogP contribution in [0.4, 0.5) is 13.2 Å². The van der Waals surface area contributed by atoms with Crippen LogP contribution < -0.4 is 4.74 Å². The molecule has 0 saturated heterocycles. The van der Waals surface area contributed by atoms with Crippen LogP contribution in [0.1, 0.15) is 17.7 Å². The first kappa shape index (κ1) is 15.7. The van der Waals surface area contributed by atoms with Gasteiger partial charge in [0.25, 0.3) is 0 Å². The fraction of sp³-hybridized carbons (Fsp3) is 0.200. The van der Waals surface area contributed by atoms with E-state index < -0.39 is 6.36 Å². The molecule has 1 aromatic carbocycles. The second-order valence-corrected chi connectivity index (χ2v) is 6.13. The first-order chi connectivity index (χ1) is 10.9. The molecule has 0 bridgehead atoms. The molecule has 0 amide bonds. The minimum Gasteiger partial charge on any atom is -0.406 e. The first-order valence-corrected chi connectivity index (χ1v) is 7.61. The number of H-pyrrole nitrogens is 1. The van der Waals surface area contributed by atoms with Crippen molar-refractivity contribution in [3.8, 4) is 5.75 Å². The van der Waals surface area contributed by atoms with Crippen molar-refractivity contribution < 1.29 is 17.9 Å². The highest BCUT2D eigenvalue weighted by atomic mass is 32.2. The molecule has 3 aromatic rings. The average Bonchev–Trinajstić information content (AvgIpc) is 2.96. The maximum absolute atomic E-state index is 12.2. The van der Waals surface area contributed by atoms with Crippen LogP contribution in [0.25, 0.3) is 11.0 Å². The zero-order valence-corrected chi connectivity index (χ0v) is 12.8. The summed E-state index contributed by atoms with van der Waals surface area (Å²) in [5.41, 5.74) is 1.63. The molecule has 120 valence electrons. The molecule has 0 aliphatic rings. The van der Waals surface area contributed by atoms with Gasteiger partial charge < -0.3 is 9.72 Å². The Morgan fingerprint density at radius 2 is 1.87 bits per heavy atom. The zero-order valence-electron chi connectivity index (χ0n) is 12.0. The van der Waals surface area contributed by atoms with Crippen molar-refractivity contribution in [2.75, 3.05) is 0 Å². The van der Waals surface area contributed by atoms with Crippen molar-refractivity contribution in [1.29, 1.82) is 0 Å². The molecule has 2 heterocycles. The molecular formula is C15H12F3N3OS. The zero-order chi connectivity index (χ0) is 16.4. The van der Waals surface area contributed by atoms with Crippen LogP contribution in [0, 0.1) is 0 Å². The van der Waals surface area contributed by atoms with Crippen LogP contribution in [0.2, 0.25) is 0 Å². The van der Waals surface area contributed by atoms with E-state index in [1.807, 2.05) is 13.0 Å². The van der Waals surface area contributed by atoms with Gasteiger partial charge in [-0.05, 0) is 30.7 Å².